The fourth-order valence-electron chi connectivity index (χ4n) is 2.99. The number of carbonyl (C=O) groups is 1. The molecule has 1 aliphatic heterocycles. The van der Waals surface area contributed by atoms with Crippen molar-refractivity contribution in [3.63, 3.8) is 0 Å². The minimum Gasteiger partial charge on any atom is -0.497 e. The third kappa shape index (κ3) is 3.68. The summed E-state index contributed by atoms with van der Waals surface area (Å²) in [6, 6.07) is 17.6. The lowest BCUT2D eigenvalue weighted by Crippen LogP contribution is -2.50. The Morgan fingerprint density at radius 1 is 1.08 bits per heavy atom. The zero-order valence-electron chi connectivity index (χ0n) is 14.1. The highest BCUT2D eigenvalue weighted by atomic mass is 16.5. The first-order valence-corrected chi connectivity index (χ1v) is 8.12. The van der Waals surface area contributed by atoms with Gasteiger partial charge in [0.2, 0.25) is 0 Å². The molecule has 0 saturated carbocycles. The average Bonchev–Trinajstić information content (AvgIpc) is 2.63. The lowest BCUT2D eigenvalue weighted by molar-refractivity contribution is 0.117. The molecule has 0 aliphatic carbocycles. The maximum atomic E-state index is 12.8. The van der Waals surface area contributed by atoms with Crippen LogP contribution in [-0.4, -0.2) is 49.6 Å². The normalized spacial score (nSPS) is 18.2. The van der Waals surface area contributed by atoms with Gasteiger partial charge in [-0.2, -0.15) is 0 Å². The van der Waals surface area contributed by atoms with Gasteiger partial charge in [-0.3, -0.25) is 0 Å². The summed E-state index contributed by atoms with van der Waals surface area (Å²) in [5, 5.41) is 2.99. The zero-order valence-corrected chi connectivity index (χ0v) is 14.1. The largest absolute Gasteiger partial charge is 0.497 e. The van der Waals surface area contributed by atoms with E-state index in [-0.39, 0.29) is 12.1 Å². The summed E-state index contributed by atoms with van der Waals surface area (Å²) < 4.78 is 5.15. The van der Waals surface area contributed by atoms with Crippen molar-refractivity contribution >= 4 is 11.7 Å². The summed E-state index contributed by atoms with van der Waals surface area (Å²) in [6.07, 6.45) is 0. The van der Waals surface area contributed by atoms with E-state index in [1.165, 1.54) is 0 Å². The van der Waals surface area contributed by atoms with E-state index in [4.69, 9.17) is 4.74 Å². The van der Waals surface area contributed by atoms with E-state index in [2.05, 4.69) is 29.4 Å². The van der Waals surface area contributed by atoms with Crippen LogP contribution in [0.5, 0.6) is 5.75 Å². The van der Waals surface area contributed by atoms with Crippen LogP contribution >= 0.6 is 0 Å². The molecule has 3 rings (SSSR count). The van der Waals surface area contributed by atoms with Crippen molar-refractivity contribution in [2.45, 2.75) is 6.04 Å². The second-order valence-corrected chi connectivity index (χ2v) is 6.04. The van der Waals surface area contributed by atoms with Crippen molar-refractivity contribution in [2.75, 3.05) is 39.1 Å². The standard InChI is InChI=1S/C19H23N3O2/c1-21-12-13-22(18(14-21)15-6-4-3-5-7-15)19(23)20-16-8-10-17(24-2)11-9-16/h3-11,18H,12-14H2,1-2H3,(H,20,23)/t18-/m0/s1. The van der Waals surface area contributed by atoms with E-state index in [0.717, 1.165) is 30.1 Å². The van der Waals surface area contributed by atoms with Gasteiger partial charge in [-0.05, 0) is 36.9 Å². The van der Waals surface area contributed by atoms with E-state index in [1.807, 2.05) is 47.4 Å². The molecule has 0 aromatic heterocycles. The number of urea groups is 1. The SMILES string of the molecule is COc1ccc(NC(=O)N2CCN(C)C[C@H]2c2ccccc2)cc1. The molecule has 2 amide bonds. The van der Waals surface area contributed by atoms with Crippen LogP contribution in [0.2, 0.25) is 0 Å². The van der Waals surface area contributed by atoms with Crippen molar-refractivity contribution in [2.24, 2.45) is 0 Å². The number of hydrogen-bond acceptors (Lipinski definition) is 3. The van der Waals surface area contributed by atoms with E-state index >= 15 is 0 Å². The molecule has 1 saturated heterocycles. The number of methoxy groups -OCH3 is 1. The predicted octanol–water partition coefficient (Wildman–Crippen LogP) is 3.22. The predicted molar refractivity (Wildman–Crippen MR) is 95.4 cm³/mol. The van der Waals surface area contributed by atoms with Crippen LogP contribution in [0.4, 0.5) is 10.5 Å². The number of ether oxygens (including phenoxy) is 1. The van der Waals surface area contributed by atoms with Gasteiger partial charge in [0.15, 0.2) is 0 Å². The quantitative estimate of drug-likeness (QED) is 0.942. The van der Waals surface area contributed by atoms with Crippen molar-refractivity contribution in [1.29, 1.82) is 0 Å². The molecule has 0 spiro atoms. The number of likely N-dealkylation sites (N-methyl/N-ethyl adjacent to an activating group) is 1. The summed E-state index contributed by atoms with van der Waals surface area (Å²) in [6.45, 7) is 2.41. The Labute approximate surface area is 142 Å². The number of nitrogens with zero attached hydrogens (tertiary/aromatic N) is 2. The molecule has 0 unspecified atom stereocenters. The van der Waals surface area contributed by atoms with Gasteiger partial charge in [-0.1, -0.05) is 30.3 Å². The second-order valence-electron chi connectivity index (χ2n) is 6.04. The van der Waals surface area contributed by atoms with Crippen LogP contribution < -0.4 is 10.1 Å². The number of carbonyl (C=O) groups excluding carboxylic acids is 1. The smallest absolute Gasteiger partial charge is 0.322 e. The third-order valence-corrected chi connectivity index (χ3v) is 4.37. The van der Waals surface area contributed by atoms with E-state index in [1.54, 1.807) is 7.11 Å². The third-order valence-electron chi connectivity index (χ3n) is 4.37. The molecule has 0 radical (unpaired) electrons. The average molecular weight is 325 g/mol. The van der Waals surface area contributed by atoms with Gasteiger partial charge in [0, 0.05) is 25.3 Å². The topological polar surface area (TPSA) is 44.8 Å². The molecule has 1 aliphatic rings. The highest BCUT2D eigenvalue weighted by molar-refractivity contribution is 5.89. The fraction of sp³-hybridized carbons (Fsp3) is 0.316. The Morgan fingerprint density at radius 2 is 1.79 bits per heavy atom. The van der Waals surface area contributed by atoms with E-state index < -0.39 is 0 Å². The fourth-order valence-corrected chi connectivity index (χ4v) is 2.99. The van der Waals surface area contributed by atoms with Crippen LogP contribution in [0.3, 0.4) is 0 Å². The highest BCUT2D eigenvalue weighted by Gasteiger charge is 2.30. The van der Waals surface area contributed by atoms with Gasteiger partial charge < -0.3 is 19.9 Å². The van der Waals surface area contributed by atoms with Crippen LogP contribution in [0.1, 0.15) is 11.6 Å². The summed E-state index contributed by atoms with van der Waals surface area (Å²) in [7, 11) is 3.72. The van der Waals surface area contributed by atoms with Crippen LogP contribution in [0, 0.1) is 0 Å². The molecule has 1 heterocycles. The minimum atomic E-state index is -0.0675. The maximum absolute atomic E-state index is 12.8. The van der Waals surface area contributed by atoms with Gasteiger partial charge in [0.25, 0.3) is 0 Å². The second kappa shape index (κ2) is 7.36. The van der Waals surface area contributed by atoms with Gasteiger partial charge in [-0.25, -0.2) is 4.79 Å². The minimum absolute atomic E-state index is 0.0585. The maximum Gasteiger partial charge on any atom is 0.322 e. The molecular formula is C19H23N3O2. The number of rotatable bonds is 3. The Balaban J connectivity index is 1.75. The monoisotopic (exact) mass is 325 g/mol. The Kier molecular flexibility index (Phi) is 5.01. The zero-order chi connectivity index (χ0) is 16.9. The molecule has 5 nitrogen and oxygen atoms in total. The molecular weight excluding hydrogens is 302 g/mol. The first kappa shape index (κ1) is 16.3. The van der Waals surface area contributed by atoms with Crippen molar-refractivity contribution in [3.8, 4) is 5.75 Å². The molecule has 1 atom stereocenters. The van der Waals surface area contributed by atoms with Gasteiger partial charge in [-0.15, -0.1) is 0 Å². The van der Waals surface area contributed by atoms with E-state index in [0.29, 0.717) is 6.54 Å². The van der Waals surface area contributed by atoms with Gasteiger partial charge in [0.05, 0.1) is 13.2 Å². The number of anilines is 1. The molecule has 2 aromatic rings. The van der Waals surface area contributed by atoms with Gasteiger partial charge in [0.1, 0.15) is 5.75 Å². The number of amides is 2. The first-order valence-electron chi connectivity index (χ1n) is 8.12. The Hall–Kier alpha value is -2.53. The number of benzene rings is 2. The van der Waals surface area contributed by atoms with Crippen molar-refractivity contribution in [1.82, 2.24) is 9.80 Å². The van der Waals surface area contributed by atoms with Crippen LogP contribution in [-0.2, 0) is 0 Å². The summed E-state index contributed by atoms with van der Waals surface area (Å²) in [4.78, 5) is 17.0. The van der Waals surface area contributed by atoms with Crippen LogP contribution in [0.25, 0.3) is 0 Å². The first-order chi connectivity index (χ1) is 11.7. The van der Waals surface area contributed by atoms with Gasteiger partial charge >= 0.3 is 6.03 Å². The molecule has 1 fully saturated rings. The lowest BCUT2D eigenvalue weighted by atomic mass is 10.0. The number of piperazine rings is 1. The Morgan fingerprint density at radius 3 is 2.46 bits per heavy atom. The summed E-state index contributed by atoms with van der Waals surface area (Å²) in [5.41, 5.74) is 1.93. The molecule has 2 aromatic carbocycles. The number of hydrogen-bond donors (Lipinski definition) is 1. The molecule has 24 heavy (non-hydrogen) atoms. The van der Waals surface area contributed by atoms with Crippen LogP contribution in [0.15, 0.2) is 54.6 Å². The highest BCUT2D eigenvalue weighted by Crippen LogP contribution is 2.26. The van der Waals surface area contributed by atoms with Crippen molar-refractivity contribution < 1.29 is 9.53 Å². The summed E-state index contributed by atoms with van der Waals surface area (Å²) in [5.74, 6) is 0.773. The lowest BCUT2D eigenvalue weighted by Gasteiger charge is -2.40. The van der Waals surface area contributed by atoms with E-state index in [9.17, 15) is 4.79 Å². The summed E-state index contributed by atoms with van der Waals surface area (Å²) >= 11 is 0. The Bertz CT molecular complexity index is 673. The molecule has 0 bridgehead atoms. The molecule has 126 valence electrons. The number of nitrogens with one attached hydrogen (secondary N) is 1. The molecule has 1 N–H and O–H groups in total. The van der Waals surface area contributed by atoms with Crippen molar-refractivity contribution in [3.05, 3.63) is 60.2 Å². The molecule has 5 heteroatoms.